The Morgan fingerprint density at radius 2 is 1.93 bits per heavy atom. The Morgan fingerprint density at radius 1 is 1.21 bits per heavy atom. The number of carbonyl (C=O) groups excluding carboxylic acids is 1. The van der Waals surface area contributed by atoms with E-state index in [4.69, 9.17) is 21.4 Å². The molecule has 0 aromatic rings. The van der Waals surface area contributed by atoms with Crippen LogP contribution in [0.2, 0.25) is 0 Å². The van der Waals surface area contributed by atoms with E-state index in [0.717, 1.165) is 32.2 Å². The first-order valence-corrected chi connectivity index (χ1v) is 10.7. The molecule has 0 spiro atoms. The third kappa shape index (κ3) is 6.01. The number of ether oxygens (including phenoxy) is 1. The lowest BCUT2D eigenvalue weighted by Crippen LogP contribution is -2.65. The van der Waals surface area contributed by atoms with Crippen LogP contribution < -0.4 is 10.6 Å². The molecule has 0 aromatic heterocycles. The second-order valence-corrected chi connectivity index (χ2v) is 8.78. The van der Waals surface area contributed by atoms with Crippen molar-refractivity contribution in [2.45, 2.75) is 93.9 Å². The molecule has 9 heteroatoms. The maximum atomic E-state index is 12.8. The van der Waals surface area contributed by atoms with E-state index in [1.54, 1.807) is 13.8 Å². The quantitative estimate of drug-likeness (QED) is 0.305. The highest BCUT2D eigenvalue weighted by Crippen LogP contribution is 2.26. The molecule has 0 bridgehead atoms. The van der Waals surface area contributed by atoms with Crippen molar-refractivity contribution in [2.75, 3.05) is 13.2 Å². The van der Waals surface area contributed by atoms with E-state index in [2.05, 4.69) is 10.6 Å². The number of amides is 1. The van der Waals surface area contributed by atoms with Gasteiger partial charge in [-0.1, -0.05) is 0 Å². The van der Waals surface area contributed by atoms with Gasteiger partial charge in [0, 0.05) is 6.61 Å². The largest absolute Gasteiger partial charge is 0.396 e. The molecule has 0 unspecified atom stereocenters. The minimum atomic E-state index is -1.37. The van der Waals surface area contributed by atoms with E-state index in [9.17, 15) is 20.1 Å². The molecule has 1 amide bonds. The van der Waals surface area contributed by atoms with E-state index in [0.29, 0.717) is 12.3 Å². The SMILES string of the molecule is C[C@H](Cl)[C@@H](NC(=O)[C@@H]1CC[C@H](CCCO)CCN1)[C@H]1O[C@H](C)[C@H](O)[C@@H](O)[C@H]1O. The van der Waals surface area contributed by atoms with Crippen molar-refractivity contribution >= 4 is 17.5 Å². The fraction of sp³-hybridized carbons (Fsp3) is 0.947. The summed E-state index contributed by atoms with van der Waals surface area (Å²) in [6.07, 6.45) is -1.28. The molecule has 164 valence electrons. The molecular weight excluding hydrogens is 388 g/mol. The van der Waals surface area contributed by atoms with Crippen LogP contribution in [-0.2, 0) is 9.53 Å². The fourth-order valence-corrected chi connectivity index (χ4v) is 4.31. The van der Waals surface area contributed by atoms with Crippen LogP contribution in [0.4, 0.5) is 0 Å². The van der Waals surface area contributed by atoms with Gasteiger partial charge in [-0.3, -0.25) is 4.79 Å². The summed E-state index contributed by atoms with van der Waals surface area (Å²) in [5, 5.41) is 44.9. The summed E-state index contributed by atoms with van der Waals surface area (Å²) in [4.78, 5) is 12.8. The van der Waals surface area contributed by atoms with Crippen LogP contribution in [0.1, 0.15) is 46.0 Å². The Kier molecular flexibility index (Phi) is 9.40. The van der Waals surface area contributed by atoms with E-state index >= 15 is 0 Å². The van der Waals surface area contributed by atoms with Gasteiger partial charge in [0.1, 0.15) is 24.4 Å². The van der Waals surface area contributed by atoms with Gasteiger partial charge in [-0.2, -0.15) is 0 Å². The van der Waals surface area contributed by atoms with E-state index in [-0.39, 0.29) is 18.6 Å². The summed E-state index contributed by atoms with van der Waals surface area (Å²) in [5.41, 5.74) is 0. The number of alkyl halides is 1. The highest BCUT2D eigenvalue weighted by molar-refractivity contribution is 6.21. The van der Waals surface area contributed by atoms with E-state index in [1.165, 1.54) is 0 Å². The average molecular weight is 423 g/mol. The topological polar surface area (TPSA) is 131 Å². The molecule has 2 aliphatic heterocycles. The van der Waals surface area contributed by atoms with Crippen LogP contribution in [0.3, 0.4) is 0 Å². The molecule has 28 heavy (non-hydrogen) atoms. The van der Waals surface area contributed by atoms with Crippen LogP contribution >= 0.6 is 11.6 Å². The number of rotatable bonds is 7. The van der Waals surface area contributed by atoms with Crippen LogP contribution in [0.5, 0.6) is 0 Å². The van der Waals surface area contributed by atoms with Crippen molar-refractivity contribution in [3.05, 3.63) is 0 Å². The zero-order valence-corrected chi connectivity index (χ0v) is 17.4. The second kappa shape index (κ2) is 11.1. The van der Waals surface area contributed by atoms with Gasteiger partial charge in [-0.15, -0.1) is 11.6 Å². The lowest BCUT2D eigenvalue weighted by molar-refractivity contribution is -0.223. The zero-order chi connectivity index (χ0) is 20.8. The van der Waals surface area contributed by atoms with Crippen molar-refractivity contribution in [3.63, 3.8) is 0 Å². The van der Waals surface area contributed by atoms with Gasteiger partial charge >= 0.3 is 0 Å². The van der Waals surface area contributed by atoms with Crippen molar-refractivity contribution in [3.8, 4) is 0 Å². The summed E-state index contributed by atoms with van der Waals surface area (Å²) >= 11 is 6.28. The molecule has 2 saturated heterocycles. The molecule has 2 fully saturated rings. The predicted octanol–water partition coefficient (Wildman–Crippen LogP) is -0.501. The average Bonchev–Trinajstić information content (AvgIpc) is 2.91. The first-order chi connectivity index (χ1) is 13.3. The van der Waals surface area contributed by atoms with Crippen LogP contribution in [0, 0.1) is 5.92 Å². The van der Waals surface area contributed by atoms with Crippen LogP contribution in [-0.4, -0.2) is 87.5 Å². The fourth-order valence-electron chi connectivity index (χ4n) is 4.11. The monoisotopic (exact) mass is 422 g/mol. The summed E-state index contributed by atoms with van der Waals surface area (Å²) in [6, 6.07) is -1.09. The van der Waals surface area contributed by atoms with Gasteiger partial charge in [0.15, 0.2) is 0 Å². The highest BCUT2D eigenvalue weighted by Gasteiger charge is 2.46. The molecule has 0 saturated carbocycles. The Morgan fingerprint density at radius 3 is 2.57 bits per heavy atom. The van der Waals surface area contributed by atoms with Crippen LogP contribution in [0.15, 0.2) is 0 Å². The molecule has 0 aliphatic carbocycles. The molecule has 0 radical (unpaired) electrons. The summed E-state index contributed by atoms with van der Waals surface area (Å²) in [5.74, 6) is 0.269. The molecule has 6 N–H and O–H groups in total. The zero-order valence-electron chi connectivity index (χ0n) is 16.6. The minimum absolute atomic E-state index is 0.186. The lowest BCUT2D eigenvalue weighted by atomic mass is 9.90. The standard InChI is InChI=1S/C19H35ClN2O6/c1-10(20)14(18-17(26)16(25)15(24)11(2)28-18)22-19(27)13-6-5-12(4-3-9-23)7-8-21-13/h10-18,21,23-26H,3-9H2,1-2H3,(H,22,27)/t10-,11+,12-,13-,14+,15-,16+,17+,18+/m0/s1. The van der Waals surface area contributed by atoms with E-state index < -0.39 is 41.9 Å². The molecule has 0 aromatic carbocycles. The lowest BCUT2D eigenvalue weighted by Gasteiger charge is -2.43. The molecule has 2 rings (SSSR count). The number of hydrogen-bond donors (Lipinski definition) is 6. The van der Waals surface area contributed by atoms with Gasteiger partial charge in [0.2, 0.25) is 5.91 Å². The maximum Gasteiger partial charge on any atom is 0.237 e. The van der Waals surface area contributed by atoms with Crippen molar-refractivity contribution in [1.29, 1.82) is 0 Å². The molecule has 2 aliphatic rings. The molecule has 9 atom stereocenters. The number of hydrogen-bond acceptors (Lipinski definition) is 7. The maximum absolute atomic E-state index is 12.8. The summed E-state index contributed by atoms with van der Waals surface area (Å²) < 4.78 is 5.68. The van der Waals surface area contributed by atoms with Gasteiger partial charge in [0.25, 0.3) is 0 Å². The number of carbonyl (C=O) groups is 1. The van der Waals surface area contributed by atoms with Crippen molar-refractivity contribution in [1.82, 2.24) is 10.6 Å². The Labute approximate surface area is 171 Å². The Bertz CT molecular complexity index is 497. The number of halogens is 1. The smallest absolute Gasteiger partial charge is 0.237 e. The Balaban J connectivity index is 1.99. The summed E-state index contributed by atoms with van der Waals surface area (Å²) in [7, 11) is 0. The normalized spacial score (nSPS) is 39.0. The molecular formula is C19H35ClN2O6. The van der Waals surface area contributed by atoms with Gasteiger partial charge < -0.3 is 35.8 Å². The molecule has 2 heterocycles. The van der Waals surface area contributed by atoms with Gasteiger partial charge in [-0.25, -0.2) is 0 Å². The third-order valence-electron chi connectivity index (χ3n) is 5.94. The predicted molar refractivity (Wildman–Crippen MR) is 105 cm³/mol. The minimum Gasteiger partial charge on any atom is -0.396 e. The highest BCUT2D eigenvalue weighted by atomic mass is 35.5. The van der Waals surface area contributed by atoms with Gasteiger partial charge in [-0.05, 0) is 58.4 Å². The van der Waals surface area contributed by atoms with Gasteiger partial charge in [0.05, 0.1) is 23.6 Å². The number of nitrogens with one attached hydrogen (secondary N) is 2. The Hall–Kier alpha value is -0.480. The van der Waals surface area contributed by atoms with E-state index in [1.807, 2.05) is 0 Å². The first-order valence-electron chi connectivity index (χ1n) is 10.2. The molecule has 8 nitrogen and oxygen atoms in total. The van der Waals surface area contributed by atoms with Crippen molar-refractivity contribution < 1.29 is 30.0 Å². The van der Waals surface area contributed by atoms with Crippen molar-refractivity contribution in [2.24, 2.45) is 5.92 Å². The third-order valence-corrected chi connectivity index (χ3v) is 6.21. The number of aliphatic hydroxyl groups excluding tert-OH is 4. The first kappa shape index (κ1) is 23.8. The van der Waals surface area contributed by atoms with Crippen LogP contribution in [0.25, 0.3) is 0 Å². The number of aliphatic hydroxyl groups is 4. The summed E-state index contributed by atoms with van der Waals surface area (Å²) in [6.45, 7) is 4.20. The second-order valence-electron chi connectivity index (χ2n) is 8.09.